The van der Waals surface area contributed by atoms with Crippen molar-refractivity contribution < 1.29 is 0 Å². The molecule has 11 rings (SSSR count). The van der Waals surface area contributed by atoms with Crippen molar-refractivity contribution in [3.05, 3.63) is 222 Å². The highest BCUT2D eigenvalue weighted by atomic mass is 15.0. The molecule has 0 bridgehead atoms. The van der Waals surface area contributed by atoms with E-state index in [9.17, 15) is 0 Å². The maximum Gasteiger partial charge on any atom is 0.164 e. The van der Waals surface area contributed by atoms with Crippen molar-refractivity contribution >= 4 is 32.3 Å². The second-order valence-electron chi connectivity index (χ2n) is 14.3. The Morgan fingerprint density at radius 1 is 0.291 bits per heavy atom. The summed E-state index contributed by atoms with van der Waals surface area (Å²) in [7, 11) is 0. The zero-order chi connectivity index (χ0) is 36.3. The molecule has 10 aromatic rings. The van der Waals surface area contributed by atoms with Crippen LogP contribution in [0.5, 0.6) is 0 Å². The van der Waals surface area contributed by atoms with Crippen LogP contribution in [0.2, 0.25) is 0 Å². The predicted molar refractivity (Wildman–Crippen MR) is 226 cm³/mol. The van der Waals surface area contributed by atoms with Gasteiger partial charge < -0.3 is 0 Å². The highest BCUT2D eigenvalue weighted by molar-refractivity contribution is 6.17. The van der Waals surface area contributed by atoms with E-state index in [0.717, 1.165) is 22.1 Å². The summed E-state index contributed by atoms with van der Waals surface area (Å²) in [6.07, 6.45) is 0. The molecule has 0 aliphatic heterocycles. The highest BCUT2D eigenvalue weighted by Crippen LogP contribution is 2.56. The predicted octanol–water partition coefficient (Wildman–Crippen LogP) is 12.7. The van der Waals surface area contributed by atoms with Crippen LogP contribution in [0.3, 0.4) is 0 Å². The van der Waals surface area contributed by atoms with Crippen LogP contribution >= 0.6 is 0 Å². The first-order chi connectivity index (χ1) is 27.3. The van der Waals surface area contributed by atoms with Crippen LogP contribution in [0.1, 0.15) is 22.3 Å². The largest absolute Gasteiger partial charge is 0.208 e. The van der Waals surface area contributed by atoms with Crippen LogP contribution in [0, 0.1) is 0 Å². The summed E-state index contributed by atoms with van der Waals surface area (Å²) in [5.41, 5.74) is 9.73. The summed E-state index contributed by atoms with van der Waals surface area (Å²) < 4.78 is 0. The molecule has 0 atom stereocenters. The molecule has 1 aliphatic rings. The standard InChI is InChI=1S/C52H33N3/c1-4-15-35(16-5-1)49-53-50(37-26-28-42-36(32-37)25-30-43-41-21-11-10-14-34(41)24-29-44(42)43)55-51(54-49)38-27-31-46-45-22-12-13-23-47(45)52(48(46)33-38,39-17-6-2-7-18-39)40-19-8-3-9-20-40/h1-33H. The van der Waals surface area contributed by atoms with Crippen LogP contribution in [-0.2, 0) is 5.41 Å². The number of aromatic nitrogens is 3. The highest BCUT2D eigenvalue weighted by Gasteiger charge is 2.46. The molecule has 0 amide bonds. The summed E-state index contributed by atoms with van der Waals surface area (Å²) in [5, 5.41) is 7.37. The third kappa shape index (κ3) is 4.87. The lowest BCUT2D eigenvalue weighted by molar-refractivity contribution is 0.768. The maximum atomic E-state index is 5.26. The minimum atomic E-state index is -0.519. The molecule has 1 aliphatic carbocycles. The van der Waals surface area contributed by atoms with E-state index in [2.05, 4.69) is 182 Å². The molecule has 0 saturated carbocycles. The van der Waals surface area contributed by atoms with Gasteiger partial charge in [0.2, 0.25) is 0 Å². The molecule has 1 aromatic heterocycles. The average molecular weight is 700 g/mol. The summed E-state index contributed by atoms with van der Waals surface area (Å²) in [6.45, 7) is 0. The van der Waals surface area contributed by atoms with Gasteiger partial charge in [-0.25, -0.2) is 15.0 Å². The molecule has 0 fully saturated rings. The molecule has 3 heteroatoms. The van der Waals surface area contributed by atoms with Gasteiger partial charge in [0, 0.05) is 16.7 Å². The van der Waals surface area contributed by atoms with Crippen LogP contribution in [-0.4, -0.2) is 15.0 Å². The Morgan fingerprint density at radius 2 is 0.782 bits per heavy atom. The molecule has 0 radical (unpaired) electrons. The maximum absolute atomic E-state index is 5.26. The fourth-order valence-electron chi connectivity index (χ4n) is 8.90. The van der Waals surface area contributed by atoms with Gasteiger partial charge in [-0.15, -0.1) is 0 Å². The Labute approximate surface area is 319 Å². The summed E-state index contributed by atoms with van der Waals surface area (Å²) >= 11 is 0. The molecule has 0 N–H and O–H groups in total. The van der Waals surface area contributed by atoms with Crippen molar-refractivity contribution in [2.75, 3.05) is 0 Å². The van der Waals surface area contributed by atoms with E-state index < -0.39 is 5.41 Å². The zero-order valence-electron chi connectivity index (χ0n) is 29.9. The lowest BCUT2D eigenvalue weighted by atomic mass is 9.67. The SMILES string of the molecule is c1ccc(-c2nc(-c3ccc4c(c3)C(c3ccccc3)(c3ccccc3)c3ccccc3-4)nc(-c3ccc4c(ccc5c6ccccc6ccc45)c3)n2)cc1. The average Bonchev–Trinajstić information content (AvgIpc) is 3.57. The molecular formula is C52H33N3. The second-order valence-corrected chi connectivity index (χ2v) is 14.3. The van der Waals surface area contributed by atoms with Crippen LogP contribution in [0.25, 0.3) is 77.6 Å². The molecular weight excluding hydrogens is 667 g/mol. The Morgan fingerprint density at radius 3 is 1.49 bits per heavy atom. The monoisotopic (exact) mass is 699 g/mol. The number of rotatable bonds is 5. The van der Waals surface area contributed by atoms with Gasteiger partial charge in [0.25, 0.3) is 0 Å². The Hall–Kier alpha value is -7.23. The fourth-order valence-corrected chi connectivity index (χ4v) is 8.90. The molecule has 1 heterocycles. The molecule has 0 saturated heterocycles. The van der Waals surface area contributed by atoms with Gasteiger partial charge >= 0.3 is 0 Å². The summed E-state index contributed by atoms with van der Waals surface area (Å²) in [5.74, 6) is 1.93. The minimum absolute atomic E-state index is 0.519. The molecule has 9 aromatic carbocycles. The first-order valence-corrected chi connectivity index (χ1v) is 18.8. The van der Waals surface area contributed by atoms with E-state index in [1.54, 1.807) is 0 Å². The van der Waals surface area contributed by atoms with E-state index in [0.29, 0.717) is 17.5 Å². The van der Waals surface area contributed by atoms with Gasteiger partial charge in [-0.05, 0) is 77.8 Å². The molecule has 55 heavy (non-hydrogen) atoms. The Balaban J connectivity index is 1.12. The van der Waals surface area contributed by atoms with E-state index in [-0.39, 0.29) is 0 Å². The van der Waals surface area contributed by atoms with Crippen molar-refractivity contribution in [2.24, 2.45) is 0 Å². The fraction of sp³-hybridized carbons (Fsp3) is 0.0192. The number of fused-ring (bicyclic) bond motifs is 8. The molecule has 0 spiro atoms. The first-order valence-electron chi connectivity index (χ1n) is 18.8. The van der Waals surface area contributed by atoms with Crippen molar-refractivity contribution in [1.29, 1.82) is 0 Å². The Kier molecular flexibility index (Phi) is 7.08. The normalized spacial score (nSPS) is 12.9. The van der Waals surface area contributed by atoms with E-state index in [1.807, 2.05) is 18.2 Å². The smallest absolute Gasteiger partial charge is 0.164 e. The quantitative estimate of drug-likeness (QED) is 0.168. The Bertz CT molecular complexity index is 3040. The van der Waals surface area contributed by atoms with Gasteiger partial charge in [0.1, 0.15) is 0 Å². The van der Waals surface area contributed by atoms with Crippen molar-refractivity contribution in [3.8, 4) is 45.3 Å². The van der Waals surface area contributed by atoms with Crippen LogP contribution in [0.4, 0.5) is 0 Å². The molecule has 3 nitrogen and oxygen atoms in total. The zero-order valence-corrected chi connectivity index (χ0v) is 29.9. The van der Waals surface area contributed by atoms with Crippen molar-refractivity contribution in [1.82, 2.24) is 15.0 Å². The molecule has 256 valence electrons. The van der Waals surface area contributed by atoms with Gasteiger partial charge in [-0.1, -0.05) is 188 Å². The summed E-state index contributed by atoms with van der Waals surface area (Å²) in [6, 6.07) is 71.7. The van der Waals surface area contributed by atoms with Crippen LogP contribution < -0.4 is 0 Å². The number of hydrogen-bond donors (Lipinski definition) is 0. The summed E-state index contributed by atoms with van der Waals surface area (Å²) in [4.78, 5) is 15.5. The third-order valence-corrected chi connectivity index (χ3v) is 11.4. The topological polar surface area (TPSA) is 38.7 Å². The molecule has 0 unspecified atom stereocenters. The van der Waals surface area contributed by atoms with Crippen LogP contribution in [0.15, 0.2) is 200 Å². The van der Waals surface area contributed by atoms with Gasteiger partial charge in [-0.2, -0.15) is 0 Å². The number of hydrogen-bond acceptors (Lipinski definition) is 3. The lowest BCUT2D eigenvalue weighted by Crippen LogP contribution is -2.28. The van der Waals surface area contributed by atoms with E-state index in [4.69, 9.17) is 15.0 Å². The number of benzene rings is 9. The first kappa shape index (κ1) is 31.3. The van der Waals surface area contributed by atoms with Crippen molar-refractivity contribution in [3.63, 3.8) is 0 Å². The van der Waals surface area contributed by atoms with E-state index in [1.165, 1.54) is 60.3 Å². The number of nitrogens with zero attached hydrogens (tertiary/aromatic N) is 3. The second kappa shape index (κ2) is 12.4. The van der Waals surface area contributed by atoms with E-state index >= 15 is 0 Å². The van der Waals surface area contributed by atoms with Gasteiger partial charge in [0.05, 0.1) is 5.41 Å². The lowest BCUT2D eigenvalue weighted by Gasteiger charge is -2.34. The third-order valence-electron chi connectivity index (χ3n) is 11.4. The minimum Gasteiger partial charge on any atom is -0.208 e. The van der Waals surface area contributed by atoms with Crippen molar-refractivity contribution in [2.45, 2.75) is 5.41 Å². The van der Waals surface area contributed by atoms with Gasteiger partial charge in [-0.3, -0.25) is 0 Å². The van der Waals surface area contributed by atoms with Gasteiger partial charge in [0.15, 0.2) is 17.5 Å².